The molecule has 2 saturated heterocycles. The van der Waals surface area contributed by atoms with Crippen molar-refractivity contribution in [2.45, 2.75) is 45.2 Å². The van der Waals surface area contributed by atoms with Gasteiger partial charge in [0.05, 0.1) is 26.4 Å². The third-order valence-electron chi connectivity index (χ3n) is 7.34. The van der Waals surface area contributed by atoms with Gasteiger partial charge in [0.15, 0.2) is 0 Å². The number of nitrogens with zero attached hydrogens (tertiary/aromatic N) is 2. The van der Waals surface area contributed by atoms with E-state index < -0.39 is 6.23 Å². The summed E-state index contributed by atoms with van der Waals surface area (Å²) in [4.78, 5) is 9.81. The number of rotatable bonds is 7. The normalized spacial score (nSPS) is 22.5. The van der Waals surface area contributed by atoms with Gasteiger partial charge in [0, 0.05) is 81.0 Å². The van der Waals surface area contributed by atoms with Gasteiger partial charge in [-0.15, -0.1) is 0 Å². The van der Waals surface area contributed by atoms with Crippen LogP contribution in [0.25, 0.3) is 5.70 Å². The maximum absolute atomic E-state index is 10.6. The van der Waals surface area contributed by atoms with Crippen LogP contribution >= 0.6 is 23.5 Å². The highest BCUT2D eigenvalue weighted by Gasteiger charge is 2.25. The predicted molar refractivity (Wildman–Crippen MR) is 154 cm³/mol. The molecule has 0 radical (unpaired) electrons. The summed E-state index contributed by atoms with van der Waals surface area (Å²) in [6.45, 7) is 10.3. The predicted octanol–water partition coefficient (Wildman–Crippen LogP) is 4.30. The summed E-state index contributed by atoms with van der Waals surface area (Å²) in [6.07, 6.45) is 4.45. The van der Waals surface area contributed by atoms with Crippen LogP contribution in [0.2, 0.25) is 0 Å². The number of dihydropyridines is 1. The molecule has 0 aliphatic carbocycles. The molecule has 4 aliphatic rings. The quantitative estimate of drug-likeness (QED) is 0.398. The first-order valence-electron chi connectivity index (χ1n) is 13.5. The summed E-state index contributed by atoms with van der Waals surface area (Å²) in [5.41, 5.74) is 4.32. The molecule has 2 aromatic carbocycles. The Morgan fingerprint density at radius 1 is 1.00 bits per heavy atom. The van der Waals surface area contributed by atoms with Crippen LogP contribution in [0.3, 0.4) is 0 Å². The molecule has 2 atom stereocenters. The van der Waals surface area contributed by atoms with E-state index in [1.54, 1.807) is 0 Å². The van der Waals surface area contributed by atoms with Gasteiger partial charge in [-0.25, -0.2) is 0 Å². The molecule has 3 N–H and O–H groups in total. The number of allylic oxidation sites excluding steroid dienone is 1. The van der Waals surface area contributed by atoms with Gasteiger partial charge in [0.2, 0.25) is 0 Å². The van der Waals surface area contributed by atoms with E-state index in [-0.39, 0.29) is 0 Å². The second-order valence-electron chi connectivity index (χ2n) is 10.1. The fourth-order valence-corrected chi connectivity index (χ4v) is 7.65. The Hall–Kier alpha value is -2.14. The van der Waals surface area contributed by atoms with E-state index in [0.29, 0.717) is 6.04 Å². The topological polar surface area (TPSA) is 69.2 Å². The second-order valence-corrected chi connectivity index (χ2v) is 12.3. The molecule has 202 valence electrons. The summed E-state index contributed by atoms with van der Waals surface area (Å²) in [6, 6.07) is 13.6. The van der Waals surface area contributed by atoms with E-state index >= 15 is 0 Å². The number of anilines is 1. The molecule has 0 saturated carbocycles. The van der Waals surface area contributed by atoms with Crippen LogP contribution in [0.1, 0.15) is 18.9 Å². The molecule has 2 aromatic rings. The molecule has 0 amide bonds. The number of morpholine rings is 2. The summed E-state index contributed by atoms with van der Waals surface area (Å²) >= 11 is 3.64. The number of nitrogens with one attached hydrogen (secondary N) is 2. The third-order valence-corrected chi connectivity index (χ3v) is 9.94. The minimum Gasteiger partial charge on any atom is -0.383 e. The molecule has 2 unspecified atom stereocenters. The van der Waals surface area contributed by atoms with Gasteiger partial charge in [0.25, 0.3) is 0 Å². The van der Waals surface area contributed by atoms with Crippen molar-refractivity contribution in [3.63, 3.8) is 0 Å². The van der Waals surface area contributed by atoms with E-state index in [0.717, 1.165) is 82.5 Å². The van der Waals surface area contributed by atoms with E-state index in [9.17, 15) is 5.11 Å². The summed E-state index contributed by atoms with van der Waals surface area (Å²) in [5, 5.41) is 17.6. The number of benzene rings is 2. The van der Waals surface area contributed by atoms with Crippen molar-refractivity contribution in [3.8, 4) is 0 Å². The molecular formula is C29H36N4O3S2. The molecule has 0 aromatic heterocycles. The van der Waals surface area contributed by atoms with Gasteiger partial charge >= 0.3 is 0 Å². The molecule has 4 heterocycles. The highest BCUT2D eigenvalue weighted by Crippen LogP contribution is 2.51. The largest absolute Gasteiger partial charge is 0.383 e. The number of ether oxygens (including phenoxy) is 2. The summed E-state index contributed by atoms with van der Waals surface area (Å²) in [7, 11) is 0. The molecule has 0 bridgehead atoms. The van der Waals surface area contributed by atoms with Crippen LogP contribution in [0.15, 0.2) is 73.8 Å². The van der Waals surface area contributed by atoms with Crippen LogP contribution in [-0.2, 0) is 9.47 Å². The summed E-state index contributed by atoms with van der Waals surface area (Å²) in [5.74, 6) is 0. The number of fused-ring (bicyclic) bond motifs is 2. The van der Waals surface area contributed by atoms with Gasteiger partial charge in [-0.3, -0.25) is 4.90 Å². The van der Waals surface area contributed by atoms with Crippen LogP contribution < -0.4 is 10.6 Å². The zero-order valence-corrected chi connectivity index (χ0v) is 23.5. The first-order chi connectivity index (χ1) is 18.6. The lowest BCUT2D eigenvalue weighted by Crippen LogP contribution is -2.38. The maximum atomic E-state index is 10.6. The third kappa shape index (κ3) is 6.03. The highest BCUT2D eigenvalue weighted by atomic mass is 32.2. The maximum Gasteiger partial charge on any atom is 0.146 e. The van der Waals surface area contributed by atoms with E-state index in [1.807, 2.05) is 29.6 Å². The lowest BCUT2D eigenvalue weighted by Gasteiger charge is -2.33. The Balaban J connectivity index is 1.16. The number of aliphatic hydroxyl groups excluding tert-OH is 1. The van der Waals surface area contributed by atoms with Crippen molar-refractivity contribution in [3.05, 3.63) is 59.8 Å². The van der Waals surface area contributed by atoms with Crippen LogP contribution in [0.4, 0.5) is 5.69 Å². The fraction of sp³-hybridized carbons (Fsp3) is 0.448. The van der Waals surface area contributed by atoms with Crippen molar-refractivity contribution in [2.24, 2.45) is 0 Å². The van der Waals surface area contributed by atoms with Gasteiger partial charge in [0.1, 0.15) is 6.23 Å². The SMILES string of the molecule is CC(CCN1CCOCC1)Nc1ccc2c(c1)Sc1cccc(C3=CC(N4CCOCC4)=CC(O)N3)c1S2. The Labute approximate surface area is 233 Å². The minimum atomic E-state index is -0.712. The van der Waals surface area contributed by atoms with E-state index in [2.05, 4.69) is 69.8 Å². The van der Waals surface area contributed by atoms with Gasteiger partial charge in [-0.05, 0) is 49.8 Å². The molecule has 4 aliphatic heterocycles. The van der Waals surface area contributed by atoms with Crippen LogP contribution in [-0.4, -0.2) is 86.3 Å². The zero-order chi connectivity index (χ0) is 25.9. The monoisotopic (exact) mass is 552 g/mol. The second kappa shape index (κ2) is 11.9. The molecular weight excluding hydrogens is 516 g/mol. The molecule has 38 heavy (non-hydrogen) atoms. The first-order valence-corrected chi connectivity index (χ1v) is 15.2. The summed E-state index contributed by atoms with van der Waals surface area (Å²) < 4.78 is 11.0. The van der Waals surface area contributed by atoms with Crippen LogP contribution in [0.5, 0.6) is 0 Å². The molecule has 0 spiro atoms. The molecule has 7 nitrogen and oxygen atoms in total. The Bertz CT molecular complexity index is 1210. The van der Waals surface area contributed by atoms with Crippen molar-refractivity contribution >= 4 is 34.9 Å². The smallest absolute Gasteiger partial charge is 0.146 e. The fourth-order valence-electron chi connectivity index (χ4n) is 5.24. The zero-order valence-electron chi connectivity index (χ0n) is 21.8. The van der Waals surface area contributed by atoms with Crippen molar-refractivity contribution < 1.29 is 14.6 Å². The Kier molecular flexibility index (Phi) is 8.20. The Morgan fingerprint density at radius 3 is 2.61 bits per heavy atom. The molecule has 6 rings (SSSR count). The van der Waals surface area contributed by atoms with Gasteiger partial charge in [-0.2, -0.15) is 0 Å². The van der Waals surface area contributed by atoms with E-state index in [1.165, 1.54) is 25.3 Å². The Morgan fingerprint density at radius 2 is 1.79 bits per heavy atom. The number of aliphatic hydroxyl groups is 1. The molecule has 9 heteroatoms. The number of hydrogen-bond donors (Lipinski definition) is 3. The lowest BCUT2D eigenvalue weighted by atomic mass is 10.1. The highest BCUT2D eigenvalue weighted by molar-refractivity contribution is 8.05. The first kappa shape index (κ1) is 26.1. The standard InChI is InChI=1S/C29H36N4O3S2/c1-20(7-8-32-9-13-35-14-10-32)30-21-5-6-25-27(17-21)37-26-4-2-3-23(29(26)38-25)24-18-22(19-28(34)31-24)33-11-15-36-16-12-33/h2-6,17-20,28,30-31,34H,7-16H2,1H3. The van der Waals surface area contributed by atoms with Crippen molar-refractivity contribution in [2.75, 3.05) is 64.5 Å². The lowest BCUT2D eigenvalue weighted by molar-refractivity contribution is 0.0370. The average molecular weight is 553 g/mol. The molecule has 2 fully saturated rings. The van der Waals surface area contributed by atoms with Crippen molar-refractivity contribution in [1.82, 2.24) is 15.1 Å². The minimum absolute atomic E-state index is 0.403. The van der Waals surface area contributed by atoms with Crippen LogP contribution in [0, 0.1) is 0 Å². The van der Waals surface area contributed by atoms with Gasteiger partial charge in [-0.1, -0.05) is 35.7 Å². The van der Waals surface area contributed by atoms with E-state index in [4.69, 9.17) is 9.47 Å². The van der Waals surface area contributed by atoms with Crippen molar-refractivity contribution in [1.29, 1.82) is 0 Å². The average Bonchev–Trinajstić information content (AvgIpc) is 2.95. The van der Waals surface area contributed by atoms with Gasteiger partial charge < -0.3 is 30.1 Å². The number of hydrogen-bond acceptors (Lipinski definition) is 9.